The maximum atomic E-state index is 13.6. The molecule has 2 N–H and O–H groups in total. The maximum absolute atomic E-state index is 13.6. The van der Waals surface area contributed by atoms with E-state index in [1.165, 1.54) is 12.0 Å². The van der Waals surface area contributed by atoms with Gasteiger partial charge in [-0.1, -0.05) is 60.6 Å². The van der Waals surface area contributed by atoms with Crippen molar-refractivity contribution in [3.05, 3.63) is 12.2 Å². The summed E-state index contributed by atoms with van der Waals surface area (Å²) in [6, 6.07) is 0. The average molecular weight is 726 g/mol. The molecule has 8 heteroatoms. The third kappa shape index (κ3) is 7.23. The first-order chi connectivity index (χ1) is 23.8. The number of esters is 2. The van der Waals surface area contributed by atoms with Gasteiger partial charge in [0.05, 0.1) is 12.8 Å². The highest BCUT2D eigenvalue weighted by atomic mass is 16.6. The Morgan fingerprint density at radius 3 is 2.08 bits per heavy atom. The van der Waals surface area contributed by atoms with Gasteiger partial charge in [-0.15, -0.1) is 0 Å². The van der Waals surface area contributed by atoms with Crippen molar-refractivity contribution < 1.29 is 33.8 Å². The van der Waals surface area contributed by atoms with Crippen LogP contribution in [0.25, 0.3) is 0 Å². The van der Waals surface area contributed by atoms with Crippen molar-refractivity contribution >= 4 is 23.8 Å². The number of carboxylic acid groups (broad SMARTS) is 1. The van der Waals surface area contributed by atoms with Crippen molar-refractivity contribution in [3.63, 3.8) is 0 Å². The van der Waals surface area contributed by atoms with E-state index in [1.807, 2.05) is 34.6 Å². The van der Waals surface area contributed by atoms with Crippen LogP contribution in [0.2, 0.25) is 0 Å². The summed E-state index contributed by atoms with van der Waals surface area (Å²) in [5.74, 6) is 0.661. The van der Waals surface area contributed by atoms with Crippen LogP contribution in [-0.2, 0) is 28.7 Å². The van der Waals surface area contributed by atoms with Gasteiger partial charge in [-0.2, -0.15) is 0 Å². The van der Waals surface area contributed by atoms with Crippen molar-refractivity contribution in [1.82, 2.24) is 5.32 Å². The molecule has 0 heterocycles. The molecule has 5 rings (SSSR count). The van der Waals surface area contributed by atoms with Crippen LogP contribution in [0.1, 0.15) is 160 Å². The van der Waals surface area contributed by atoms with E-state index in [1.54, 1.807) is 0 Å². The van der Waals surface area contributed by atoms with E-state index in [0.717, 1.165) is 57.8 Å². The lowest BCUT2D eigenvalue weighted by Gasteiger charge is -2.73. The number of amides is 1. The number of hydrogen-bond donors (Lipinski definition) is 2. The van der Waals surface area contributed by atoms with E-state index >= 15 is 0 Å². The summed E-state index contributed by atoms with van der Waals surface area (Å²) in [5, 5.41) is 12.3. The van der Waals surface area contributed by atoms with Gasteiger partial charge in [-0.3, -0.25) is 19.2 Å². The van der Waals surface area contributed by atoms with Crippen molar-refractivity contribution in [1.29, 1.82) is 0 Å². The standard InChI is InChI=1S/C44H71NO7/c1-27(2)28-15-20-44(23-33(46)45-26-36(50)52-38(3,4)5)22-21-42(11)29(37(28)44)13-14-31-41(10)18-17-32(40(8,9)30(41)16-19-43(31,42)12)51-35(49)25-39(6,7)24-34(47)48/h28-32,37H,1,13-26H2,2-12H3,(H,45,46)(H,47,48)/t28-,29+,30-,31+,32-,37+,41-,42+,43+,44+/m0/s1. The second-order valence-corrected chi connectivity index (χ2v) is 21.3. The molecule has 0 aliphatic heterocycles. The van der Waals surface area contributed by atoms with E-state index in [-0.39, 0.29) is 64.4 Å². The Kier molecular flexibility index (Phi) is 10.8. The van der Waals surface area contributed by atoms with E-state index < -0.39 is 23.0 Å². The lowest BCUT2D eigenvalue weighted by molar-refractivity contribution is -0.250. The summed E-state index contributed by atoms with van der Waals surface area (Å²) in [4.78, 5) is 50.6. The minimum Gasteiger partial charge on any atom is -0.481 e. The van der Waals surface area contributed by atoms with Gasteiger partial charge >= 0.3 is 17.9 Å². The second kappa shape index (κ2) is 13.7. The molecule has 0 saturated heterocycles. The lowest BCUT2D eigenvalue weighted by Crippen LogP contribution is -2.67. The van der Waals surface area contributed by atoms with Crippen molar-refractivity contribution in [2.24, 2.45) is 62.1 Å². The first-order valence-corrected chi connectivity index (χ1v) is 20.4. The number of carbonyl (C=O) groups is 4. The quantitative estimate of drug-likeness (QED) is 0.170. The van der Waals surface area contributed by atoms with Crippen molar-refractivity contribution in [2.45, 2.75) is 171 Å². The molecular formula is C44H71NO7. The van der Waals surface area contributed by atoms with E-state index in [4.69, 9.17) is 9.47 Å². The SMILES string of the molecule is C=C(C)[C@@H]1CC[C@]2(CC(=O)NCC(=O)OC(C)(C)C)CC[C@]3(C)[C@H](CC[C@@H]4[C@@]5(C)CC[C@H](OC(=O)CC(C)(C)CC(=O)O)C(C)(C)[C@@H]5CC[C@]43C)[C@@H]12. The highest BCUT2D eigenvalue weighted by Gasteiger charge is 2.71. The first-order valence-electron chi connectivity index (χ1n) is 20.4. The molecule has 10 atom stereocenters. The fourth-order valence-electron chi connectivity index (χ4n) is 13.8. The summed E-state index contributed by atoms with van der Waals surface area (Å²) in [7, 11) is 0. The lowest BCUT2D eigenvalue weighted by atomic mass is 9.32. The summed E-state index contributed by atoms with van der Waals surface area (Å²) in [6.07, 6.45) is 11.0. The number of allylic oxidation sites excluding steroid dienone is 1. The zero-order valence-electron chi connectivity index (χ0n) is 34.5. The molecular weight excluding hydrogens is 654 g/mol. The molecule has 0 bridgehead atoms. The molecule has 5 saturated carbocycles. The van der Waals surface area contributed by atoms with E-state index in [0.29, 0.717) is 36.0 Å². The zero-order chi connectivity index (χ0) is 38.9. The summed E-state index contributed by atoms with van der Waals surface area (Å²) >= 11 is 0. The maximum Gasteiger partial charge on any atom is 0.325 e. The topological polar surface area (TPSA) is 119 Å². The number of aliphatic carboxylic acids is 1. The van der Waals surface area contributed by atoms with Gasteiger partial charge in [0.15, 0.2) is 0 Å². The smallest absolute Gasteiger partial charge is 0.325 e. The van der Waals surface area contributed by atoms with Crippen molar-refractivity contribution in [3.8, 4) is 0 Å². The normalized spacial score (nSPS) is 39.5. The van der Waals surface area contributed by atoms with Gasteiger partial charge in [0.25, 0.3) is 0 Å². The number of hydrogen-bond acceptors (Lipinski definition) is 6. The average Bonchev–Trinajstić information content (AvgIpc) is 3.35. The second-order valence-electron chi connectivity index (χ2n) is 21.3. The van der Waals surface area contributed by atoms with Crippen LogP contribution >= 0.6 is 0 Å². The van der Waals surface area contributed by atoms with Gasteiger partial charge in [0.2, 0.25) is 5.91 Å². The number of carbonyl (C=O) groups excluding carboxylic acids is 3. The monoisotopic (exact) mass is 726 g/mol. The number of ether oxygens (including phenoxy) is 2. The number of carboxylic acids is 1. The minimum atomic E-state index is -0.896. The number of rotatable bonds is 10. The highest BCUT2D eigenvalue weighted by molar-refractivity contribution is 5.82. The molecule has 0 spiro atoms. The molecule has 5 fully saturated rings. The molecule has 52 heavy (non-hydrogen) atoms. The molecule has 0 aromatic carbocycles. The molecule has 1 amide bonds. The fraction of sp³-hybridized carbons (Fsp3) is 0.864. The van der Waals surface area contributed by atoms with Crippen LogP contribution in [-0.4, -0.2) is 47.2 Å². The van der Waals surface area contributed by atoms with Crippen LogP contribution in [0.3, 0.4) is 0 Å². The summed E-state index contributed by atoms with van der Waals surface area (Å²) in [6.45, 7) is 28.2. The Balaban J connectivity index is 1.35. The number of fused-ring (bicyclic) bond motifs is 7. The Bertz CT molecular complexity index is 1440. The Labute approximate surface area is 314 Å². The predicted octanol–water partition coefficient (Wildman–Crippen LogP) is 9.29. The minimum absolute atomic E-state index is 0.0418. The van der Waals surface area contributed by atoms with E-state index in [2.05, 4.69) is 53.4 Å². The molecule has 0 radical (unpaired) electrons. The number of nitrogens with one attached hydrogen (secondary N) is 1. The molecule has 8 nitrogen and oxygen atoms in total. The van der Waals surface area contributed by atoms with Gasteiger partial charge in [0, 0.05) is 11.8 Å². The third-order valence-electron chi connectivity index (χ3n) is 16.1. The largest absolute Gasteiger partial charge is 0.481 e. The first kappa shape index (κ1) is 40.8. The van der Waals surface area contributed by atoms with Gasteiger partial charge in [-0.25, -0.2) is 0 Å². The molecule has 294 valence electrons. The van der Waals surface area contributed by atoms with E-state index in [9.17, 15) is 24.3 Å². The molecule has 0 aromatic heterocycles. The van der Waals surface area contributed by atoms with Crippen LogP contribution in [0, 0.1) is 62.1 Å². The third-order valence-corrected chi connectivity index (χ3v) is 16.1. The van der Waals surface area contributed by atoms with Crippen molar-refractivity contribution in [2.75, 3.05) is 6.54 Å². The Hall–Kier alpha value is -2.38. The van der Waals surface area contributed by atoms with Gasteiger partial charge in [-0.05, 0) is 149 Å². The molecule has 5 aliphatic carbocycles. The summed E-state index contributed by atoms with van der Waals surface area (Å²) < 4.78 is 11.7. The van der Waals surface area contributed by atoms with Crippen LogP contribution in [0.5, 0.6) is 0 Å². The highest BCUT2D eigenvalue weighted by Crippen LogP contribution is 2.78. The molecule has 0 aromatic rings. The van der Waals surface area contributed by atoms with Crippen LogP contribution < -0.4 is 5.32 Å². The molecule has 0 unspecified atom stereocenters. The van der Waals surface area contributed by atoms with Gasteiger partial charge in [0.1, 0.15) is 18.2 Å². The summed E-state index contributed by atoms with van der Waals surface area (Å²) in [5.41, 5.74) is 0.128. The molecule has 5 aliphatic rings. The predicted molar refractivity (Wildman–Crippen MR) is 203 cm³/mol. The van der Waals surface area contributed by atoms with Crippen LogP contribution in [0.4, 0.5) is 0 Å². The van der Waals surface area contributed by atoms with Crippen LogP contribution in [0.15, 0.2) is 12.2 Å². The Morgan fingerprint density at radius 2 is 1.46 bits per heavy atom. The van der Waals surface area contributed by atoms with Gasteiger partial charge < -0.3 is 19.9 Å². The Morgan fingerprint density at radius 1 is 0.788 bits per heavy atom. The fourth-order valence-corrected chi connectivity index (χ4v) is 13.8. The zero-order valence-corrected chi connectivity index (χ0v) is 34.5.